The van der Waals surface area contributed by atoms with E-state index >= 15 is 0 Å². The summed E-state index contributed by atoms with van der Waals surface area (Å²) in [4.78, 5) is 12.6. The van der Waals surface area contributed by atoms with Gasteiger partial charge in [-0.3, -0.25) is 4.79 Å². The SMILES string of the molecule is CCc1ccccc1NC(=O)C(CC)Oc1ccc(C(C)(C)C)cc1. The van der Waals surface area contributed by atoms with Crippen molar-refractivity contribution in [2.75, 3.05) is 5.32 Å². The molecule has 2 rings (SSSR count). The summed E-state index contributed by atoms with van der Waals surface area (Å²) < 4.78 is 5.93. The van der Waals surface area contributed by atoms with Crippen LogP contribution in [0.5, 0.6) is 5.75 Å². The van der Waals surface area contributed by atoms with E-state index in [0.29, 0.717) is 6.42 Å². The molecular weight excluding hydrogens is 310 g/mol. The molecule has 0 spiro atoms. The van der Waals surface area contributed by atoms with E-state index < -0.39 is 6.10 Å². The standard InChI is InChI=1S/C22H29NO2/c1-6-16-10-8-9-11-19(16)23-21(24)20(7-2)25-18-14-12-17(13-15-18)22(3,4)5/h8-15,20H,6-7H2,1-5H3,(H,23,24). The maximum Gasteiger partial charge on any atom is 0.265 e. The molecule has 0 saturated heterocycles. The van der Waals surface area contributed by atoms with Gasteiger partial charge in [-0.2, -0.15) is 0 Å². The lowest BCUT2D eigenvalue weighted by Crippen LogP contribution is -2.32. The molecule has 3 nitrogen and oxygen atoms in total. The number of aryl methyl sites for hydroxylation is 1. The molecule has 0 aliphatic rings. The molecule has 1 N–H and O–H groups in total. The van der Waals surface area contributed by atoms with Crippen molar-refractivity contribution in [3.63, 3.8) is 0 Å². The van der Waals surface area contributed by atoms with Gasteiger partial charge in [0.2, 0.25) is 0 Å². The highest BCUT2D eigenvalue weighted by atomic mass is 16.5. The molecule has 0 bridgehead atoms. The van der Waals surface area contributed by atoms with E-state index in [-0.39, 0.29) is 11.3 Å². The predicted octanol–water partition coefficient (Wildman–Crippen LogP) is 5.34. The number of anilines is 1. The summed E-state index contributed by atoms with van der Waals surface area (Å²) in [5.41, 5.74) is 3.33. The Kier molecular flexibility index (Phi) is 6.24. The normalized spacial score (nSPS) is 12.5. The van der Waals surface area contributed by atoms with E-state index in [2.05, 4.69) is 45.1 Å². The van der Waals surface area contributed by atoms with Gasteiger partial charge in [0.15, 0.2) is 6.10 Å². The van der Waals surface area contributed by atoms with Crippen molar-refractivity contribution in [3.05, 3.63) is 59.7 Å². The van der Waals surface area contributed by atoms with E-state index in [0.717, 1.165) is 23.4 Å². The Morgan fingerprint density at radius 3 is 2.24 bits per heavy atom. The van der Waals surface area contributed by atoms with Gasteiger partial charge in [0.1, 0.15) is 5.75 Å². The lowest BCUT2D eigenvalue weighted by atomic mass is 9.87. The van der Waals surface area contributed by atoms with Crippen LogP contribution in [0, 0.1) is 0 Å². The van der Waals surface area contributed by atoms with Crippen molar-refractivity contribution < 1.29 is 9.53 Å². The van der Waals surface area contributed by atoms with Crippen molar-refractivity contribution in [2.45, 2.75) is 59.0 Å². The van der Waals surface area contributed by atoms with Crippen molar-refractivity contribution in [1.29, 1.82) is 0 Å². The molecule has 0 aliphatic carbocycles. The first-order chi connectivity index (χ1) is 11.8. The van der Waals surface area contributed by atoms with E-state index in [9.17, 15) is 4.79 Å². The molecule has 3 heteroatoms. The number of amides is 1. The number of carbonyl (C=O) groups is 1. The quantitative estimate of drug-likeness (QED) is 0.771. The fraction of sp³-hybridized carbons (Fsp3) is 0.409. The second-order valence-corrected chi connectivity index (χ2v) is 7.29. The summed E-state index contributed by atoms with van der Waals surface area (Å²) in [5.74, 6) is 0.613. The van der Waals surface area contributed by atoms with E-state index in [1.165, 1.54) is 5.56 Å². The highest BCUT2D eigenvalue weighted by Crippen LogP contribution is 2.25. The van der Waals surface area contributed by atoms with Gasteiger partial charge in [0.05, 0.1) is 0 Å². The molecule has 25 heavy (non-hydrogen) atoms. The van der Waals surface area contributed by atoms with Crippen LogP contribution in [0.3, 0.4) is 0 Å². The van der Waals surface area contributed by atoms with Crippen LogP contribution in [0.4, 0.5) is 5.69 Å². The number of nitrogens with one attached hydrogen (secondary N) is 1. The molecular formula is C22H29NO2. The predicted molar refractivity (Wildman–Crippen MR) is 104 cm³/mol. The zero-order valence-corrected chi connectivity index (χ0v) is 15.9. The van der Waals surface area contributed by atoms with Crippen LogP contribution < -0.4 is 10.1 Å². The Labute approximate surface area is 151 Å². The zero-order valence-electron chi connectivity index (χ0n) is 15.9. The summed E-state index contributed by atoms with van der Waals surface area (Å²) in [7, 11) is 0. The lowest BCUT2D eigenvalue weighted by Gasteiger charge is -2.21. The number of rotatable bonds is 6. The average Bonchev–Trinajstić information content (AvgIpc) is 2.59. The number of ether oxygens (including phenoxy) is 1. The van der Waals surface area contributed by atoms with E-state index in [4.69, 9.17) is 4.74 Å². The summed E-state index contributed by atoms with van der Waals surface area (Å²) in [6.45, 7) is 10.6. The number of hydrogen-bond acceptors (Lipinski definition) is 2. The zero-order chi connectivity index (χ0) is 18.4. The fourth-order valence-electron chi connectivity index (χ4n) is 2.68. The smallest absolute Gasteiger partial charge is 0.265 e. The number of hydrogen-bond donors (Lipinski definition) is 1. The third-order valence-electron chi connectivity index (χ3n) is 4.32. The average molecular weight is 339 g/mol. The van der Waals surface area contributed by atoms with Crippen molar-refractivity contribution in [1.82, 2.24) is 0 Å². The van der Waals surface area contributed by atoms with Crippen molar-refractivity contribution >= 4 is 11.6 Å². The molecule has 134 valence electrons. The molecule has 1 amide bonds. The number of benzene rings is 2. The maximum absolute atomic E-state index is 12.6. The molecule has 0 aromatic heterocycles. The van der Waals surface area contributed by atoms with E-state index in [1.54, 1.807) is 0 Å². The van der Waals surface area contributed by atoms with Gasteiger partial charge in [-0.25, -0.2) is 0 Å². The number of carbonyl (C=O) groups excluding carboxylic acids is 1. The van der Waals surface area contributed by atoms with Crippen LogP contribution >= 0.6 is 0 Å². The van der Waals surface area contributed by atoms with Gasteiger partial charge in [0, 0.05) is 5.69 Å². The van der Waals surface area contributed by atoms with Gasteiger partial charge in [-0.1, -0.05) is 65.0 Å². The fourth-order valence-corrected chi connectivity index (χ4v) is 2.68. The van der Waals surface area contributed by atoms with Crippen molar-refractivity contribution in [3.8, 4) is 5.75 Å². The Hall–Kier alpha value is -2.29. The minimum atomic E-state index is -0.509. The maximum atomic E-state index is 12.6. The van der Waals surface area contributed by atoms with Crippen LogP contribution in [-0.4, -0.2) is 12.0 Å². The summed E-state index contributed by atoms with van der Waals surface area (Å²) in [5, 5.41) is 3.00. The third-order valence-corrected chi connectivity index (χ3v) is 4.32. The summed E-state index contributed by atoms with van der Waals surface area (Å²) in [6, 6.07) is 15.9. The van der Waals surface area contributed by atoms with Gasteiger partial charge in [-0.15, -0.1) is 0 Å². The van der Waals surface area contributed by atoms with E-state index in [1.807, 2.05) is 43.3 Å². The van der Waals surface area contributed by atoms with Crippen LogP contribution in [-0.2, 0) is 16.6 Å². The summed E-state index contributed by atoms with van der Waals surface area (Å²) >= 11 is 0. The Balaban J connectivity index is 2.07. The van der Waals surface area contributed by atoms with Crippen LogP contribution in [0.1, 0.15) is 52.2 Å². The van der Waals surface area contributed by atoms with Gasteiger partial charge >= 0.3 is 0 Å². The molecule has 0 radical (unpaired) electrons. The Morgan fingerprint density at radius 2 is 1.68 bits per heavy atom. The molecule has 0 saturated carbocycles. The van der Waals surface area contributed by atoms with Crippen LogP contribution in [0.15, 0.2) is 48.5 Å². The molecule has 1 atom stereocenters. The second kappa shape index (κ2) is 8.19. The first-order valence-corrected chi connectivity index (χ1v) is 9.01. The van der Waals surface area contributed by atoms with Crippen LogP contribution in [0.25, 0.3) is 0 Å². The number of para-hydroxylation sites is 1. The largest absolute Gasteiger partial charge is 0.481 e. The minimum absolute atomic E-state index is 0.101. The highest BCUT2D eigenvalue weighted by molar-refractivity contribution is 5.95. The molecule has 1 unspecified atom stereocenters. The first kappa shape index (κ1) is 19.0. The molecule has 0 heterocycles. The molecule has 0 aliphatic heterocycles. The Bertz CT molecular complexity index is 699. The lowest BCUT2D eigenvalue weighted by molar-refractivity contribution is -0.122. The monoisotopic (exact) mass is 339 g/mol. The molecule has 2 aromatic rings. The Morgan fingerprint density at radius 1 is 1.04 bits per heavy atom. The van der Waals surface area contributed by atoms with Gasteiger partial charge in [0.25, 0.3) is 5.91 Å². The molecule has 0 fully saturated rings. The van der Waals surface area contributed by atoms with Gasteiger partial charge < -0.3 is 10.1 Å². The second-order valence-electron chi connectivity index (χ2n) is 7.29. The summed E-state index contributed by atoms with van der Waals surface area (Å²) in [6.07, 6.45) is 0.981. The molecule has 2 aromatic carbocycles. The van der Waals surface area contributed by atoms with Crippen molar-refractivity contribution in [2.24, 2.45) is 0 Å². The van der Waals surface area contributed by atoms with Gasteiger partial charge in [-0.05, 0) is 47.6 Å². The third kappa shape index (κ3) is 5.09. The highest BCUT2D eigenvalue weighted by Gasteiger charge is 2.20. The topological polar surface area (TPSA) is 38.3 Å². The van der Waals surface area contributed by atoms with Crippen LogP contribution in [0.2, 0.25) is 0 Å². The first-order valence-electron chi connectivity index (χ1n) is 9.01. The minimum Gasteiger partial charge on any atom is -0.481 e.